The third-order valence-corrected chi connectivity index (χ3v) is 4.57. The minimum absolute atomic E-state index is 0.333. The Balaban J connectivity index is 1.79. The molecule has 3 heterocycles. The Kier molecular flexibility index (Phi) is 4.69. The van der Waals surface area contributed by atoms with E-state index in [2.05, 4.69) is 35.6 Å². The lowest BCUT2D eigenvalue weighted by atomic mass is 10.1. The van der Waals surface area contributed by atoms with Crippen molar-refractivity contribution < 1.29 is 0 Å². The molecule has 0 spiro atoms. The van der Waals surface area contributed by atoms with Gasteiger partial charge in [-0.1, -0.05) is 23.2 Å². The molecule has 10 heteroatoms. The van der Waals surface area contributed by atoms with Gasteiger partial charge in [-0.25, -0.2) is 19.9 Å². The number of rotatable bonds is 4. The molecule has 0 aliphatic rings. The minimum Gasteiger partial charge on any atom is -0.373 e. The first-order valence-corrected chi connectivity index (χ1v) is 8.85. The van der Waals surface area contributed by atoms with Gasteiger partial charge in [0.05, 0.1) is 32.8 Å². The highest BCUT2D eigenvalue weighted by molar-refractivity contribution is 6.39. The van der Waals surface area contributed by atoms with Gasteiger partial charge in [0.1, 0.15) is 29.3 Å². The van der Waals surface area contributed by atoms with Crippen molar-refractivity contribution in [1.29, 1.82) is 5.26 Å². The van der Waals surface area contributed by atoms with Crippen LogP contribution in [0.15, 0.2) is 36.8 Å². The monoisotopic (exact) mass is 410 g/mol. The van der Waals surface area contributed by atoms with Crippen LogP contribution in [-0.4, -0.2) is 32.0 Å². The number of halogens is 2. The first kappa shape index (κ1) is 18.0. The van der Waals surface area contributed by atoms with Crippen LogP contribution in [0.3, 0.4) is 0 Å². The summed E-state index contributed by atoms with van der Waals surface area (Å²) in [5, 5.41) is 15.8. The standard InChI is InChI=1S/C18H12Cl2N8/c1-22-13-6-14(25-8-24-13)27-18-16-12(2-3-23-18)26-17(28-16)15-10(19)4-9(7-21)5-11(15)20/h2-6,8H,1H3,(H,26,28)(H2,22,23,24,25,27). The number of nitriles is 1. The topological polar surface area (TPSA) is 115 Å². The quantitative estimate of drug-likeness (QED) is 0.457. The summed E-state index contributed by atoms with van der Waals surface area (Å²) in [5.41, 5.74) is 2.23. The molecule has 0 radical (unpaired) electrons. The molecule has 138 valence electrons. The van der Waals surface area contributed by atoms with Crippen LogP contribution in [0.2, 0.25) is 10.0 Å². The van der Waals surface area contributed by atoms with E-state index in [9.17, 15) is 0 Å². The van der Waals surface area contributed by atoms with Crippen LogP contribution in [-0.2, 0) is 0 Å². The Bertz CT molecular complexity index is 1200. The number of anilines is 3. The van der Waals surface area contributed by atoms with Crippen molar-refractivity contribution in [3.05, 3.63) is 52.4 Å². The van der Waals surface area contributed by atoms with Crippen molar-refractivity contribution in [3.8, 4) is 17.5 Å². The third kappa shape index (κ3) is 3.29. The molecule has 0 amide bonds. The predicted molar refractivity (Wildman–Crippen MR) is 109 cm³/mol. The second-order valence-corrected chi connectivity index (χ2v) is 6.55. The number of nitrogens with one attached hydrogen (secondary N) is 3. The van der Waals surface area contributed by atoms with E-state index in [-0.39, 0.29) is 0 Å². The van der Waals surface area contributed by atoms with E-state index < -0.39 is 0 Å². The summed E-state index contributed by atoms with van der Waals surface area (Å²) in [6.45, 7) is 0. The number of imidazole rings is 1. The smallest absolute Gasteiger partial charge is 0.159 e. The number of hydrogen-bond donors (Lipinski definition) is 3. The molecule has 0 bridgehead atoms. The first-order chi connectivity index (χ1) is 13.6. The maximum Gasteiger partial charge on any atom is 0.159 e. The fraction of sp³-hybridized carbons (Fsp3) is 0.0556. The second kappa shape index (κ2) is 7.31. The van der Waals surface area contributed by atoms with E-state index in [4.69, 9.17) is 28.5 Å². The summed E-state index contributed by atoms with van der Waals surface area (Å²) in [4.78, 5) is 20.4. The van der Waals surface area contributed by atoms with Crippen LogP contribution < -0.4 is 10.6 Å². The maximum atomic E-state index is 9.05. The lowest BCUT2D eigenvalue weighted by molar-refractivity contribution is 1.15. The zero-order valence-corrected chi connectivity index (χ0v) is 16.0. The number of fused-ring (bicyclic) bond motifs is 1. The SMILES string of the molecule is CNc1cc(Nc2nccc3[nH]c(-c4c(Cl)cc(C#N)cc4Cl)nc23)ncn1. The highest BCUT2D eigenvalue weighted by atomic mass is 35.5. The summed E-state index contributed by atoms with van der Waals surface area (Å²) in [6.07, 6.45) is 3.09. The molecule has 0 fully saturated rings. The molecule has 0 aliphatic heterocycles. The number of hydrogen-bond acceptors (Lipinski definition) is 7. The molecule has 1 aromatic carbocycles. The molecule has 3 aromatic heterocycles. The molecule has 0 saturated carbocycles. The van der Waals surface area contributed by atoms with E-state index in [1.165, 1.54) is 6.33 Å². The zero-order valence-electron chi connectivity index (χ0n) is 14.5. The van der Waals surface area contributed by atoms with Gasteiger partial charge in [-0.3, -0.25) is 0 Å². The van der Waals surface area contributed by atoms with E-state index in [1.807, 2.05) is 6.07 Å². The van der Waals surface area contributed by atoms with E-state index >= 15 is 0 Å². The van der Waals surface area contributed by atoms with E-state index in [0.717, 1.165) is 5.52 Å². The van der Waals surface area contributed by atoms with Gasteiger partial charge in [-0.2, -0.15) is 5.26 Å². The average Bonchev–Trinajstić information content (AvgIpc) is 3.12. The largest absolute Gasteiger partial charge is 0.373 e. The highest BCUT2D eigenvalue weighted by Crippen LogP contribution is 2.36. The number of H-pyrrole nitrogens is 1. The summed E-state index contributed by atoms with van der Waals surface area (Å²) >= 11 is 12.7. The molecule has 0 saturated heterocycles. The van der Waals surface area contributed by atoms with Gasteiger partial charge in [-0.05, 0) is 18.2 Å². The summed E-state index contributed by atoms with van der Waals surface area (Å²) in [6, 6.07) is 8.67. The van der Waals surface area contributed by atoms with Crippen molar-refractivity contribution in [2.45, 2.75) is 0 Å². The summed E-state index contributed by atoms with van der Waals surface area (Å²) in [5.74, 6) is 2.23. The van der Waals surface area contributed by atoms with Gasteiger partial charge in [0.25, 0.3) is 0 Å². The van der Waals surface area contributed by atoms with Crippen molar-refractivity contribution in [2.75, 3.05) is 17.7 Å². The fourth-order valence-corrected chi connectivity index (χ4v) is 3.36. The molecule has 0 unspecified atom stereocenters. The van der Waals surface area contributed by atoms with E-state index in [1.54, 1.807) is 37.5 Å². The highest BCUT2D eigenvalue weighted by Gasteiger charge is 2.16. The van der Waals surface area contributed by atoms with Gasteiger partial charge in [0.2, 0.25) is 0 Å². The third-order valence-electron chi connectivity index (χ3n) is 3.98. The molecule has 3 N–H and O–H groups in total. The molecule has 4 aromatic rings. The van der Waals surface area contributed by atoms with Crippen LogP contribution >= 0.6 is 23.2 Å². The molecule has 28 heavy (non-hydrogen) atoms. The van der Waals surface area contributed by atoms with Crippen LogP contribution in [0.4, 0.5) is 17.5 Å². The van der Waals surface area contributed by atoms with Gasteiger partial charge in [0.15, 0.2) is 5.82 Å². The zero-order chi connectivity index (χ0) is 19.7. The van der Waals surface area contributed by atoms with Crippen LogP contribution in [0, 0.1) is 11.3 Å². The Labute approximate surface area is 169 Å². The lowest BCUT2D eigenvalue weighted by Crippen LogP contribution is -1.99. The van der Waals surface area contributed by atoms with Gasteiger partial charge >= 0.3 is 0 Å². The summed E-state index contributed by atoms with van der Waals surface area (Å²) < 4.78 is 0. The Morgan fingerprint density at radius 1 is 1.07 bits per heavy atom. The van der Waals surface area contributed by atoms with Gasteiger partial charge < -0.3 is 15.6 Å². The fourth-order valence-electron chi connectivity index (χ4n) is 2.69. The van der Waals surface area contributed by atoms with Crippen molar-refractivity contribution in [2.24, 2.45) is 0 Å². The number of aromatic nitrogens is 5. The number of benzene rings is 1. The minimum atomic E-state index is 0.333. The van der Waals surface area contributed by atoms with Crippen LogP contribution in [0.1, 0.15) is 5.56 Å². The molecule has 8 nitrogen and oxygen atoms in total. The molecule has 0 atom stereocenters. The predicted octanol–water partition coefficient (Wildman–Crippen LogP) is 4.38. The summed E-state index contributed by atoms with van der Waals surface area (Å²) in [7, 11) is 1.77. The van der Waals surface area contributed by atoms with Crippen molar-refractivity contribution in [1.82, 2.24) is 24.9 Å². The number of aromatic amines is 1. The van der Waals surface area contributed by atoms with E-state index in [0.29, 0.717) is 50.0 Å². The number of pyridine rings is 1. The Hall–Kier alpha value is -3.41. The normalized spacial score (nSPS) is 10.6. The van der Waals surface area contributed by atoms with Gasteiger partial charge in [-0.15, -0.1) is 0 Å². The second-order valence-electron chi connectivity index (χ2n) is 5.73. The Morgan fingerprint density at radius 2 is 1.82 bits per heavy atom. The molecular weight excluding hydrogens is 399 g/mol. The lowest BCUT2D eigenvalue weighted by Gasteiger charge is -2.06. The molecule has 0 aliphatic carbocycles. The first-order valence-electron chi connectivity index (χ1n) is 8.10. The van der Waals surface area contributed by atoms with Crippen molar-refractivity contribution in [3.63, 3.8) is 0 Å². The Morgan fingerprint density at radius 3 is 2.54 bits per heavy atom. The maximum absolute atomic E-state index is 9.05. The van der Waals surface area contributed by atoms with Crippen LogP contribution in [0.25, 0.3) is 22.4 Å². The number of nitrogens with zero attached hydrogens (tertiary/aromatic N) is 5. The van der Waals surface area contributed by atoms with Crippen molar-refractivity contribution >= 4 is 51.7 Å². The average molecular weight is 411 g/mol. The molecular formula is C18H12Cl2N8. The van der Waals surface area contributed by atoms with Gasteiger partial charge in [0, 0.05) is 19.3 Å². The van der Waals surface area contributed by atoms with Crippen LogP contribution in [0.5, 0.6) is 0 Å². The molecule has 4 rings (SSSR count).